The molecule has 0 amide bonds. The molecule has 0 aliphatic carbocycles. The normalized spacial score (nSPS) is 11.3. The smallest absolute Gasteiger partial charge is 0.395 e. The average Bonchev–Trinajstić information content (AvgIpc) is 2.14. The van der Waals surface area contributed by atoms with Gasteiger partial charge in [-0.25, -0.2) is 0 Å². The first-order valence-electron chi connectivity index (χ1n) is 4.83. The van der Waals surface area contributed by atoms with Crippen LogP contribution in [0.25, 0.3) is 0 Å². The highest BCUT2D eigenvalue weighted by Gasteiger charge is 2.30. The lowest BCUT2D eigenvalue weighted by Gasteiger charge is -2.07. The van der Waals surface area contributed by atoms with E-state index in [4.69, 9.17) is 4.74 Å². The van der Waals surface area contributed by atoms with Crippen molar-refractivity contribution in [1.29, 1.82) is 0 Å². The number of halogens is 4. The Hall–Kier alpha value is -1.04. The van der Waals surface area contributed by atoms with Gasteiger partial charge in [0.25, 0.3) is 0 Å². The SMILES string of the molecule is O=C(CCOc1cccc(Br)c1)CC(F)(F)F. The Morgan fingerprint density at radius 2 is 2.06 bits per heavy atom. The van der Waals surface area contributed by atoms with E-state index in [0.717, 1.165) is 4.47 Å². The van der Waals surface area contributed by atoms with Crippen molar-refractivity contribution in [2.24, 2.45) is 0 Å². The molecule has 0 radical (unpaired) electrons. The van der Waals surface area contributed by atoms with Crippen LogP contribution in [-0.2, 0) is 4.79 Å². The van der Waals surface area contributed by atoms with Gasteiger partial charge < -0.3 is 4.74 Å². The Kier molecular flexibility index (Phi) is 4.99. The summed E-state index contributed by atoms with van der Waals surface area (Å²) < 4.78 is 41.5. The molecule has 0 spiro atoms. The number of hydrogen-bond donors (Lipinski definition) is 0. The Morgan fingerprint density at radius 3 is 2.65 bits per heavy atom. The van der Waals surface area contributed by atoms with E-state index in [0.29, 0.717) is 5.75 Å². The van der Waals surface area contributed by atoms with Crippen molar-refractivity contribution in [2.45, 2.75) is 19.0 Å². The fourth-order valence-corrected chi connectivity index (χ4v) is 1.53. The van der Waals surface area contributed by atoms with Crippen molar-refractivity contribution in [1.82, 2.24) is 0 Å². The third-order valence-electron chi connectivity index (χ3n) is 1.84. The van der Waals surface area contributed by atoms with Crippen LogP contribution in [0.1, 0.15) is 12.8 Å². The second kappa shape index (κ2) is 6.05. The van der Waals surface area contributed by atoms with E-state index < -0.39 is 18.4 Å². The fraction of sp³-hybridized carbons (Fsp3) is 0.364. The minimum atomic E-state index is -4.44. The van der Waals surface area contributed by atoms with Gasteiger partial charge in [0.2, 0.25) is 0 Å². The molecule has 0 aliphatic rings. The minimum absolute atomic E-state index is 0.0502. The average molecular weight is 311 g/mol. The fourth-order valence-electron chi connectivity index (χ4n) is 1.15. The van der Waals surface area contributed by atoms with E-state index in [-0.39, 0.29) is 13.0 Å². The zero-order valence-electron chi connectivity index (χ0n) is 8.76. The van der Waals surface area contributed by atoms with E-state index in [1.165, 1.54) is 0 Å². The summed E-state index contributed by atoms with van der Waals surface area (Å²) in [5.41, 5.74) is 0. The number of benzene rings is 1. The van der Waals surface area contributed by atoms with Gasteiger partial charge in [-0.3, -0.25) is 4.79 Å². The van der Waals surface area contributed by atoms with Crippen LogP contribution in [0.15, 0.2) is 28.7 Å². The number of carbonyl (C=O) groups excluding carboxylic acids is 1. The zero-order chi connectivity index (χ0) is 12.9. The van der Waals surface area contributed by atoms with Gasteiger partial charge in [0.05, 0.1) is 6.61 Å². The minimum Gasteiger partial charge on any atom is -0.493 e. The number of rotatable bonds is 5. The van der Waals surface area contributed by atoms with Crippen LogP contribution in [0.5, 0.6) is 5.75 Å². The highest BCUT2D eigenvalue weighted by atomic mass is 79.9. The molecule has 0 aromatic heterocycles. The van der Waals surface area contributed by atoms with Crippen molar-refractivity contribution in [3.8, 4) is 5.75 Å². The summed E-state index contributed by atoms with van der Waals surface area (Å²) in [6, 6.07) is 6.87. The quantitative estimate of drug-likeness (QED) is 0.828. The van der Waals surface area contributed by atoms with Crippen molar-refractivity contribution < 1.29 is 22.7 Å². The molecule has 0 bridgehead atoms. The first-order valence-corrected chi connectivity index (χ1v) is 5.63. The molecule has 0 atom stereocenters. The molecule has 0 saturated heterocycles. The molecule has 0 fully saturated rings. The number of Topliss-reactive ketones (excluding diaryl/α,β-unsaturated/α-hetero) is 1. The molecule has 1 aromatic carbocycles. The molecular weight excluding hydrogens is 301 g/mol. The predicted molar refractivity (Wildman–Crippen MR) is 59.9 cm³/mol. The molecule has 17 heavy (non-hydrogen) atoms. The summed E-state index contributed by atoms with van der Waals surface area (Å²) in [6.45, 7) is -0.0502. The van der Waals surface area contributed by atoms with Gasteiger partial charge in [0.15, 0.2) is 0 Å². The summed E-state index contributed by atoms with van der Waals surface area (Å²) in [5.74, 6) is -0.355. The van der Waals surface area contributed by atoms with E-state index in [1.54, 1.807) is 24.3 Å². The monoisotopic (exact) mass is 310 g/mol. The Labute approximate surface area is 105 Å². The largest absolute Gasteiger partial charge is 0.493 e. The van der Waals surface area contributed by atoms with Crippen molar-refractivity contribution in [3.05, 3.63) is 28.7 Å². The molecule has 94 valence electrons. The summed E-state index contributed by atoms with van der Waals surface area (Å²) >= 11 is 3.23. The molecule has 0 aliphatic heterocycles. The van der Waals surface area contributed by atoms with E-state index >= 15 is 0 Å². The van der Waals surface area contributed by atoms with Gasteiger partial charge in [-0.05, 0) is 18.2 Å². The maximum Gasteiger partial charge on any atom is 0.395 e. The van der Waals surface area contributed by atoms with E-state index in [1.807, 2.05) is 0 Å². The Morgan fingerprint density at radius 1 is 1.35 bits per heavy atom. The van der Waals surface area contributed by atoms with Gasteiger partial charge in [0, 0.05) is 10.9 Å². The lowest BCUT2D eigenvalue weighted by atomic mass is 10.2. The predicted octanol–water partition coefficient (Wildman–Crippen LogP) is 3.74. The Balaban J connectivity index is 2.31. The van der Waals surface area contributed by atoms with Crippen LogP contribution in [0.3, 0.4) is 0 Å². The van der Waals surface area contributed by atoms with Crippen LogP contribution in [0, 0.1) is 0 Å². The van der Waals surface area contributed by atoms with Gasteiger partial charge in [-0.15, -0.1) is 0 Å². The first kappa shape index (κ1) is 14.0. The maximum absolute atomic E-state index is 11.8. The number of alkyl halides is 3. The second-order valence-corrected chi connectivity index (χ2v) is 4.30. The molecule has 0 saturated carbocycles. The summed E-state index contributed by atoms with van der Waals surface area (Å²) in [5, 5.41) is 0. The van der Waals surface area contributed by atoms with Crippen LogP contribution < -0.4 is 4.74 Å². The molecular formula is C11H10BrF3O2. The molecule has 0 N–H and O–H groups in total. The van der Waals surface area contributed by atoms with Gasteiger partial charge in [-0.2, -0.15) is 13.2 Å². The third kappa shape index (κ3) is 6.31. The standard InChI is InChI=1S/C11H10BrF3O2/c12-8-2-1-3-10(6-8)17-5-4-9(16)7-11(13,14)15/h1-3,6H,4-5,7H2. The number of carbonyl (C=O) groups is 1. The highest BCUT2D eigenvalue weighted by molar-refractivity contribution is 9.10. The van der Waals surface area contributed by atoms with Gasteiger partial charge in [-0.1, -0.05) is 22.0 Å². The third-order valence-corrected chi connectivity index (χ3v) is 2.34. The molecule has 1 aromatic rings. The molecule has 6 heteroatoms. The summed E-state index contributed by atoms with van der Waals surface area (Å²) in [4.78, 5) is 10.9. The van der Waals surface area contributed by atoms with E-state index in [2.05, 4.69) is 15.9 Å². The Bertz CT molecular complexity index is 391. The topological polar surface area (TPSA) is 26.3 Å². The lowest BCUT2D eigenvalue weighted by molar-refractivity contribution is -0.152. The van der Waals surface area contributed by atoms with Gasteiger partial charge >= 0.3 is 6.18 Å². The lowest BCUT2D eigenvalue weighted by Crippen LogP contribution is -2.16. The molecule has 2 nitrogen and oxygen atoms in total. The second-order valence-electron chi connectivity index (χ2n) is 3.39. The molecule has 0 heterocycles. The van der Waals surface area contributed by atoms with Gasteiger partial charge in [0.1, 0.15) is 18.0 Å². The van der Waals surface area contributed by atoms with Crippen LogP contribution in [0.4, 0.5) is 13.2 Å². The van der Waals surface area contributed by atoms with E-state index in [9.17, 15) is 18.0 Å². The molecule has 1 rings (SSSR count). The van der Waals surface area contributed by atoms with Crippen molar-refractivity contribution >= 4 is 21.7 Å². The first-order chi connectivity index (χ1) is 7.87. The molecule has 0 unspecified atom stereocenters. The summed E-state index contributed by atoms with van der Waals surface area (Å²) in [6.07, 6.45) is -6.08. The van der Waals surface area contributed by atoms with Crippen LogP contribution >= 0.6 is 15.9 Å². The number of ketones is 1. The zero-order valence-corrected chi connectivity index (χ0v) is 10.3. The summed E-state index contributed by atoms with van der Waals surface area (Å²) in [7, 11) is 0. The highest BCUT2D eigenvalue weighted by Crippen LogP contribution is 2.21. The van der Waals surface area contributed by atoms with Crippen LogP contribution in [0.2, 0.25) is 0 Å². The van der Waals surface area contributed by atoms with Crippen LogP contribution in [-0.4, -0.2) is 18.6 Å². The maximum atomic E-state index is 11.8. The number of hydrogen-bond acceptors (Lipinski definition) is 2. The van der Waals surface area contributed by atoms with Crippen molar-refractivity contribution in [2.75, 3.05) is 6.61 Å². The van der Waals surface area contributed by atoms with Crippen molar-refractivity contribution in [3.63, 3.8) is 0 Å². The number of ether oxygens (including phenoxy) is 1.